The van der Waals surface area contributed by atoms with E-state index in [0.717, 1.165) is 10.6 Å². The third-order valence-corrected chi connectivity index (χ3v) is 6.55. The Hall–Kier alpha value is -3.02. The van der Waals surface area contributed by atoms with Crippen LogP contribution in [0.5, 0.6) is 0 Å². The summed E-state index contributed by atoms with van der Waals surface area (Å²) in [4.78, 5) is 19.0. The van der Waals surface area contributed by atoms with Crippen molar-refractivity contribution in [3.63, 3.8) is 0 Å². The Kier molecular flexibility index (Phi) is 4.96. The minimum atomic E-state index is -4.43. The van der Waals surface area contributed by atoms with Crippen LogP contribution in [0.2, 0.25) is 0 Å². The van der Waals surface area contributed by atoms with E-state index in [1.165, 1.54) is 22.9 Å². The molecule has 1 amide bonds. The summed E-state index contributed by atoms with van der Waals surface area (Å²) in [7, 11) is 0. The molecular formula is C21H21F5N6O. The van der Waals surface area contributed by atoms with Gasteiger partial charge in [0.1, 0.15) is 17.0 Å². The summed E-state index contributed by atoms with van der Waals surface area (Å²) in [6.07, 6.45) is -5.12. The van der Waals surface area contributed by atoms with Crippen molar-refractivity contribution in [2.24, 2.45) is 0 Å². The molecule has 1 spiro atoms. The average molecular weight is 468 g/mol. The van der Waals surface area contributed by atoms with Crippen LogP contribution in [0.15, 0.2) is 24.4 Å². The number of fused-ring (bicyclic) bond motifs is 3. The Morgan fingerprint density at radius 1 is 1.18 bits per heavy atom. The number of nitrogens with one attached hydrogen (secondary N) is 1. The molecule has 2 aliphatic heterocycles. The lowest BCUT2D eigenvalue weighted by Crippen LogP contribution is -2.56. The second kappa shape index (κ2) is 7.51. The van der Waals surface area contributed by atoms with Crippen LogP contribution in [-0.2, 0) is 18.3 Å². The van der Waals surface area contributed by atoms with Gasteiger partial charge in [0.15, 0.2) is 5.65 Å². The van der Waals surface area contributed by atoms with E-state index in [-0.39, 0.29) is 29.4 Å². The molecule has 5 rings (SSSR count). The van der Waals surface area contributed by atoms with Crippen LogP contribution >= 0.6 is 0 Å². The van der Waals surface area contributed by atoms with Gasteiger partial charge in [0.25, 0.3) is 12.3 Å². The van der Waals surface area contributed by atoms with Crippen molar-refractivity contribution >= 4 is 11.6 Å². The molecule has 7 nitrogen and oxygen atoms in total. The van der Waals surface area contributed by atoms with E-state index in [1.54, 1.807) is 11.8 Å². The highest BCUT2D eigenvalue weighted by atomic mass is 19.4. The van der Waals surface area contributed by atoms with Crippen LogP contribution in [-0.4, -0.2) is 49.6 Å². The van der Waals surface area contributed by atoms with Gasteiger partial charge in [-0.1, -0.05) is 0 Å². The molecule has 0 aliphatic carbocycles. The summed E-state index contributed by atoms with van der Waals surface area (Å²) in [6, 6.07) is 3.84. The number of nitrogens with zero attached hydrogens (tertiary/aromatic N) is 5. The Bertz CT molecular complexity index is 1220. The largest absolute Gasteiger partial charge is 0.431 e. The summed E-state index contributed by atoms with van der Waals surface area (Å²) in [5.41, 5.74) is -0.565. The van der Waals surface area contributed by atoms with E-state index in [9.17, 15) is 26.7 Å². The Morgan fingerprint density at radius 2 is 1.91 bits per heavy atom. The van der Waals surface area contributed by atoms with Gasteiger partial charge in [-0.15, -0.1) is 0 Å². The second-order valence-corrected chi connectivity index (χ2v) is 8.47. The van der Waals surface area contributed by atoms with Gasteiger partial charge in [-0.3, -0.25) is 4.79 Å². The van der Waals surface area contributed by atoms with E-state index in [4.69, 9.17) is 0 Å². The predicted octanol–water partition coefficient (Wildman–Crippen LogP) is 3.53. The van der Waals surface area contributed by atoms with Crippen molar-refractivity contribution in [1.82, 2.24) is 29.4 Å². The van der Waals surface area contributed by atoms with Gasteiger partial charge in [0.2, 0.25) is 0 Å². The van der Waals surface area contributed by atoms with Crippen molar-refractivity contribution in [2.75, 3.05) is 19.6 Å². The van der Waals surface area contributed by atoms with E-state index in [1.807, 2.05) is 0 Å². The van der Waals surface area contributed by atoms with Gasteiger partial charge < -0.3 is 14.8 Å². The molecule has 176 valence electrons. The van der Waals surface area contributed by atoms with Gasteiger partial charge in [-0.25, -0.2) is 18.3 Å². The Balaban J connectivity index is 1.40. The highest BCUT2D eigenvalue weighted by Gasteiger charge is 2.45. The lowest BCUT2D eigenvalue weighted by molar-refractivity contribution is -0.144. The molecular weight excluding hydrogens is 447 g/mol. The molecule has 0 atom stereocenters. The molecule has 3 aromatic rings. The fourth-order valence-electron chi connectivity index (χ4n) is 4.99. The second-order valence-electron chi connectivity index (χ2n) is 8.47. The summed E-state index contributed by atoms with van der Waals surface area (Å²) in [5, 5.41) is 7.31. The van der Waals surface area contributed by atoms with E-state index in [0.29, 0.717) is 43.9 Å². The minimum Gasteiger partial charge on any atom is -0.338 e. The smallest absolute Gasteiger partial charge is 0.338 e. The number of piperidine rings is 1. The van der Waals surface area contributed by atoms with Gasteiger partial charge in [0.05, 0.1) is 11.7 Å². The maximum atomic E-state index is 13.4. The molecule has 0 unspecified atom stereocenters. The first-order valence-electron chi connectivity index (χ1n) is 10.6. The standard InChI is InChI=1S/C21H21F5N6O/c1-12-10-14(17(22)23)32-18(29-12)13(11-28-32)19(33)30-7-4-20(5-8-30)15-2-3-16(21(24,25)26)31(15)9-6-27-20/h2-3,10-11,17,27H,4-9H2,1H3. The van der Waals surface area contributed by atoms with E-state index >= 15 is 0 Å². The van der Waals surface area contributed by atoms with Crippen molar-refractivity contribution in [1.29, 1.82) is 0 Å². The SMILES string of the molecule is Cc1cc(C(F)F)n2ncc(C(=O)N3CCC4(CC3)NCCn3c(C(F)(F)F)ccc34)c2n1. The number of aryl methyl sites for hydroxylation is 1. The third-order valence-electron chi connectivity index (χ3n) is 6.55. The molecule has 33 heavy (non-hydrogen) atoms. The summed E-state index contributed by atoms with van der Waals surface area (Å²) in [6.45, 7) is 2.77. The lowest BCUT2D eigenvalue weighted by atomic mass is 9.83. The fraction of sp³-hybridized carbons (Fsp3) is 0.476. The highest BCUT2D eigenvalue weighted by Crippen LogP contribution is 2.40. The first-order chi connectivity index (χ1) is 15.6. The predicted molar refractivity (Wildman–Crippen MR) is 107 cm³/mol. The van der Waals surface area contributed by atoms with E-state index in [2.05, 4.69) is 15.4 Å². The quantitative estimate of drug-likeness (QED) is 0.585. The maximum Gasteiger partial charge on any atom is 0.431 e. The number of amides is 1. The zero-order valence-electron chi connectivity index (χ0n) is 17.7. The first kappa shape index (κ1) is 21.8. The Labute approximate surface area is 185 Å². The van der Waals surface area contributed by atoms with Crippen molar-refractivity contribution in [3.05, 3.63) is 52.7 Å². The van der Waals surface area contributed by atoms with Gasteiger partial charge >= 0.3 is 6.18 Å². The van der Waals surface area contributed by atoms with Gasteiger partial charge in [-0.2, -0.15) is 18.3 Å². The molecule has 0 radical (unpaired) electrons. The summed E-state index contributed by atoms with van der Waals surface area (Å²) >= 11 is 0. The summed E-state index contributed by atoms with van der Waals surface area (Å²) in [5.74, 6) is -0.389. The molecule has 12 heteroatoms. The zero-order valence-corrected chi connectivity index (χ0v) is 17.7. The van der Waals surface area contributed by atoms with Crippen molar-refractivity contribution < 1.29 is 26.7 Å². The van der Waals surface area contributed by atoms with Crippen LogP contribution < -0.4 is 5.32 Å². The van der Waals surface area contributed by atoms with Crippen molar-refractivity contribution in [3.8, 4) is 0 Å². The zero-order chi connectivity index (χ0) is 23.5. The fourth-order valence-corrected chi connectivity index (χ4v) is 4.99. The number of likely N-dealkylation sites (tertiary alicyclic amines) is 1. The summed E-state index contributed by atoms with van der Waals surface area (Å²) < 4.78 is 69.2. The minimum absolute atomic E-state index is 0.0649. The molecule has 2 aliphatic rings. The molecule has 5 heterocycles. The van der Waals surface area contributed by atoms with Gasteiger partial charge in [0, 0.05) is 37.6 Å². The number of hydrogen-bond acceptors (Lipinski definition) is 4. The number of rotatable bonds is 2. The first-order valence-corrected chi connectivity index (χ1v) is 10.6. The van der Waals surface area contributed by atoms with Crippen LogP contribution in [0, 0.1) is 6.92 Å². The molecule has 1 N–H and O–H groups in total. The van der Waals surface area contributed by atoms with E-state index < -0.39 is 23.8 Å². The normalized spacial score (nSPS) is 18.3. The number of carbonyl (C=O) groups excluding carboxylic acids is 1. The lowest BCUT2D eigenvalue weighted by Gasteiger charge is -2.45. The molecule has 3 aromatic heterocycles. The molecule has 0 bridgehead atoms. The highest BCUT2D eigenvalue weighted by molar-refractivity contribution is 5.99. The number of hydrogen-bond donors (Lipinski definition) is 1. The molecule has 1 saturated heterocycles. The van der Waals surface area contributed by atoms with Crippen LogP contribution in [0.1, 0.15) is 52.4 Å². The van der Waals surface area contributed by atoms with Crippen LogP contribution in [0.3, 0.4) is 0 Å². The number of halogens is 5. The number of aromatic nitrogens is 4. The third kappa shape index (κ3) is 3.47. The molecule has 1 fully saturated rings. The average Bonchev–Trinajstić information content (AvgIpc) is 3.38. The van der Waals surface area contributed by atoms with Crippen molar-refractivity contribution in [2.45, 2.75) is 44.5 Å². The monoisotopic (exact) mass is 468 g/mol. The number of alkyl halides is 5. The number of carbonyl (C=O) groups is 1. The van der Waals surface area contributed by atoms with Gasteiger partial charge in [-0.05, 0) is 38.0 Å². The maximum absolute atomic E-state index is 13.4. The van der Waals surface area contributed by atoms with Crippen LogP contribution in [0.25, 0.3) is 5.65 Å². The topological polar surface area (TPSA) is 67.5 Å². The molecule has 0 saturated carbocycles. The Morgan fingerprint density at radius 3 is 2.58 bits per heavy atom. The van der Waals surface area contributed by atoms with Crippen LogP contribution in [0.4, 0.5) is 22.0 Å². The molecule has 0 aromatic carbocycles.